The topological polar surface area (TPSA) is 68.5 Å². The van der Waals surface area contributed by atoms with E-state index < -0.39 is 17.5 Å². The van der Waals surface area contributed by atoms with E-state index in [0.717, 1.165) is 6.42 Å². The number of nitrogens with one attached hydrogen (secondary N) is 1. The Labute approximate surface area is 199 Å². The van der Waals surface area contributed by atoms with Gasteiger partial charge in [0.1, 0.15) is 11.4 Å². The molecule has 0 aliphatic heterocycles. The summed E-state index contributed by atoms with van der Waals surface area (Å²) in [6.07, 6.45) is 0.771. The molecule has 0 saturated heterocycles. The van der Waals surface area contributed by atoms with E-state index in [-0.39, 0.29) is 32.6 Å². The first kappa shape index (κ1) is 22.8. The number of halogens is 3. The highest BCUT2D eigenvalue weighted by molar-refractivity contribution is 6.38. The number of anilines is 1. The summed E-state index contributed by atoms with van der Waals surface area (Å²) in [5.74, 6) is -1.28. The molecule has 5 nitrogen and oxygen atoms in total. The summed E-state index contributed by atoms with van der Waals surface area (Å²) in [7, 11) is 0. The summed E-state index contributed by atoms with van der Waals surface area (Å²) >= 11 is 12.5. The maximum absolute atomic E-state index is 13.3. The number of para-hydroxylation sites is 1. The molecule has 0 atom stereocenters. The standard InChI is InChI=1S/C25H18Cl2FNO4/c1-2-11-32-23-18(26)12-15(13-19(23)27)25(31)29-21-17-5-3-4-6-20(17)33-24(21)22(30)14-7-9-16(28)10-8-14/h3-10,12-13H,2,11H2,1H3,(H,29,31). The first-order valence-corrected chi connectivity index (χ1v) is 10.9. The van der Waals surface area contributed by atoms with Crippen molar-refractivity contribution in [1.29, 1.82) is 0 Å². The molecule has 3 aromatic carbocycles. The Bertz CT molecular complexity index is 1330. The molecule has 1 heterocycles. The molecule has 168 valence electrons. The van der Waals surface area contributed by atoms with Gasteiger partial charge in [0.15, 0.2) is 11.5 Å². The van der Waals surface area contributed by atoms with Crippen LogP contribution < -0.4 is 10.1 Å². The lowest BCUT2D eigenvalue weighted by molar-refractivity contribution is 0.101. The second-order valence-corrected chi connectivity index (χ2v) is 8.02. The van der Waals surface area contributed by atoms with Gasteiger partial charge in [-0.25, -0.2) is 4.39 Å². The van der Waals surface area contributed by atoms with Gasteiger partial charge in [0.2, 0.25) is 5.78 Å². The van der Waals surface area contributed by atoms with Crippen LogP contribution in [0.2, 0.25) is 10.0 Å². The third kappa shape index (κ3) is 4.72. The molecule has 33 heavy (non-hydrogen) atoms. The Hall–Kier alpha value is -3.35. The van der Waals surface area contributed by atoms with Crippen LogP contribution in [0.3, 0.4) is 0 Å². The fourth-order valence-electron chi connectivity index (χ4n) is 3.28. The predicted molar refractivity (Wildman–Crippen MR) is 126 cm³/mol. The second kappa shape index (κ2) is 9.65. The van der Waals surface area contributed by atoms with E-state index in [2.05, 4.69) is 5.32 Å². The maximum atomic E-state index is 13.3. The van der Waals surface area contributed by atoms with Crippen molar-refractivity contribution in [2.75, 3.05) is 11.9 Å². The highest BCUT2D eigenvalue weighted by Crippen LogP contribution is 2.36. The third-order valence-electron chi connectivity index (χ3n) is 4.86. The van der Waals surface area contributed by atoms with Crippen molar-refractivity contribution >= 4 is 51.5 Å². The van der Waals surface area contributed by atoms with Crippen molar-refractivity contribution in [3.8, 4) is 5.75 Å². The Morgan fingerprint density at radius 2 is 1.67 bits per heavy atom. The quantitative estimate of drug-likeness (QED) is 0.282. The second-order valence-electron chi connectivity index (χ2n) is 7.21. The summed E-state index contributed by atoms with van der Waals surface area (Å²) < 4.78 is 24.6. The molecular weight excluding hydrogens is 468 g/mol. The lowest BCUT2D eigenvalue weighted by Gasteiger charge is -2.11. The van der Waals surface area contributed by atoms with Gasteiger partial charge in [0, 0.05) is 16.5 Å². The van der Waals surface area contributed by atoms with Gasteiger partial charge >= 0.3 is 0 Å². The third-order valence-corrected chi connectivity index (χ3v) is 5.42. The van der Waals surface area contributed by atoms with Crippen LogP contribution in [0.1, 0.15) is 39.8 Å². The van der Waals surface area contributed by atoms with E-state index in [1.807, 2.05) is 6.92 Å². The van der Waals surface area contributed by atoms with Gasteiger partial charge < -0.3 is 14.5 Å². The number of amides is 1. The minimum atomic E-state index is -0.541. The van der Waals surface area contributed by atoms with Gasteiger partial charge in [0.05, 0.1) is 22.3 Å². The Balaban J connectivity index is 1.71. The van der Waals surface area contributed by atoms with Gasteiger partial charge in [-0.3, -0.25) is 9.59 Å². The highest BCUT2D eigenvalue weighted by Gasteiger charge is 2.24. The molecule has 0 aliphatic carbocycles. The first-order valence-electron chi connectivity index (χ1n) is 10.1. The Kier molecular flexibility index (Phi) is 6.67. The number of hydrogen-bond donors (Lipinski definition) is 1. The van der Waals surface area contributed by atoms with Crippen LogP contribution in [0.25, 0.3) is 11.0 Å². The summed E-state index contributed by atoms with van der Waals surface area (Å²) in [5, 5.41) is 3.67. The lowest BCUT2D eigenvalue weighted by atomic mass is 10.1. The van der Waals surface area contributed by atoms with Gasteiger partial charge in [-0.2, -0.15) is 0 Å². The van der Waals surface area contributed by atoms with E-state index in [9.17, 15) is 14.0 Å². The van der Waals surface area contributed by atoms with Gasteiger partial charge in [0.25, 0.3) is 5.91 Å². The molecule has 1 amide bonds. The van der Waals surface area contributed by atoms with Gasteiger partial charge in [-0.05, 0) is 55.0 Å². The average molecular weight is 486 g/mol. The number of rotatable bonds is 7. The molecule has 0 radical (unpaired) electrons. The van der Waals surface area contributed by atoms with Crippen molar-refractivity contribution in [1.82, 2.24) is 0 Å². The van der Waals surface area contributed by atoms with Crippen molar-refractivity contribution in [3.63, 3.8) is 0 Å². The zero-order valence-electron chi connectivity index (χ0n) is 17.5. The molecule has 0 spiro atoms. The summed E-state index contributed by atoms with van der Waals surface area (Å²) in [4.78, 5) is 26.2. The minimum absolute atomic E-state index is 0.0729. The summed E-state index contributed by atoms with van der Waals surface area (Å²) in [6, 6.07) is 14.9. The van der Waals surface area contributed by atoms with E-state index in [4.69, 9.17) is 32.4 Å². The number of hydrogen-bond acceptors (Lipinski definition) is 4. The number of fused-ring (bicyclic) bond motifs is 1. The molecule has 8 heteroatoms. The normalized spacial score (nSPS) is 10.9. The molecule has 0 bridgehead atoms. The Morgan fingerprint density at radius 3 is 2.33 bits per heavy atom. The van der Waals surface area contributed by atoms with E-state index in [1.54, 1.807) is 24.3 Å². The largest absolute Gasteiger partial charge is 0.490 e. The zero-order chi connectivity index (χ0) is 23.5. The molecule has 0 saturated carbocycles. The molecular formula is C25H18Cl2FNO4. The number of ether oxygens (including phenoxy) is 1. The number of carbonyl (C=O) groups excluding carboxylic acids is 2. The van der Waals surface area contributed by atoms with E-state index >= 15 is 0 Å². The number of benzene rings is 3. The molecule has 4 rings (SSSR count). The molecule has 1 aromatic heterocycles. The first-order chi connectivity index (χ1) is 15.9. The van der Waals surface area contributed by atoms with Crippen molar-refractivity contribution in [3.05, 3.63) is 93.4 Å². The van der Waals surface area contributed by atoms with Crippen LogP contribution in [0.15, 0.2) is 65.1 Å². The van der Waals surface area contributed by atoms with Crippen LogP contribution in [-0.4, -0.2) is 18.3 Å². The van der Waals surface area contributed by atoms with Crippen molar-refractivity contribution in [2.45, 2.75) is 13.3 Å². The number of furan rings is 1. The monoisotopic (exact) mass is 485 g/mol. The average Bonchev–Trinajstić information content (AvgIpc) is 3.17. The van der Waals surface area contributed by atoms with Crippen LogP contribution >= 0.6 is 23.2 Å². The molecule has 1 N–H and O–H groups in total. The fourth-order valence-corrected chi connectivity index (χ4v) is 3.88. The molecule has 0 fully saturated rings. The maximum Gasteiger partial charge on any atom is 0.255 e. The van der Waals surface area contributed by atoms with Gasteiger partial charge in [-0.15, -0.1) is 0 Å². The highest BCUT2D eigenvalue weighted by atomic mass is 35.5. The zero-order valence-corrected chi connectivity index (χ0v) is 19.0. The minimum Gasteiger partial charge on any atom is -0.490 e. The molecule has 0 unspecified atom stereocenters. The van der Waals surface area contributed by atoms with E-state index in [1.165, 1.54) is 36.4 Å². The van der Waals surface area contributed by atoms with Crippen LogP contribution in [0.5, 0.6) is 5.75 Å². The fraction of sp³-hybridized carbons (Fsp3) is 0.120. The SMILES string of the molecule is CCCOc1c(Cl)cc(C(=O)Nc2c(C(=O)c3ccc(F)cc3)oc3ccccc23)cc1Cl. The van der Waals surface area contributed by atoms with Crippen LogP contribution in [0, 0.1) is 5.82 Å². The summed E-state index contributed by atoms with van der Waals surface area (Å²) in [5.41, 5.74) is 1.01. The van der Waals surface area contributed by atoms with Crippen LogP contribution in [-0.2, 0) is 0 Å². The molecule has 0 aliphatic rings. The van der Waals surface area contributed by atoms with E-state index in [0.29, 0.717) is 23.3 Å². The number of carbonyl (C=O) groups is 2. The molecule has 4 aromatic rings. The number of ketones is 1. The lowest BCUT2D eigenvalue weighted by Crippen LogP contribution is -2.14. The Morgan fingerprint density at radius 1 is 1.00 bits per heavy atom. The smallest absolute Gasteiger partial charge is 0.255 e. The van der Waals surface area contributed by atoms with Crippen molar-refractivity contribution < 1.29 is 23.1 Å². The van der Waals surface area contributed by atoms with Gasteiger partial charge in [-0.1, -0.05) is 42.3 Å². The predicted octanol–water partition coefficient (Wildman–Crippen LogP) is 7.15. The van der Waals surface area contributed by atoms with Crippen molar-refractivity contribution in [2.24, 2.45) is 0 Å². The summed E-state index contributed by atoms with van der Waals surface area (Å²) in [6.45, 7) is 2.38. The van der Waals surface area contributed by atoms with Crippen LogP contribution in [0.4, 0.5) is 10.1 Å².